The number of nitrogens with zero attached hydrogens (tertiary/aromatic N) is 3. The van der Waals surface area contributed by atoms with Crippen LogP contribution in [0.3, 0.4) is 0 Å². The van der Waals surface area contributed by atoms with Crippen LogP contribution in [0.2, 0.25) is 5.02 Å². The zero-order valence-corrected chi connectivity index (χ0v) is 20.1. The van der Waals surface area contributed by atoms with E-state index >= 15 is 0 Å². The monoisotopic (exact) mass is 534 g/mol. The van der Waals surface area contributed by atoms with Crippen molar-refractivity contribution in [2.75, 3.05) is 13.1 Å². The Labute approximate surface area is 212 Å². The summed E-state index contributed by atoms with van der Waals surface area (Å²) >= 11 is 6.54. The number of rotatable bonds is 4. The number of amides is 2. The maximum absolute atomic E-state index is 13.5. The third kappa shape index (κ3) is 4.65. The molecule has 0 radical (unpaired) electrons. The van der Waals surface area contributed by atoms with Crippen molar-refractivity contribution in [3.8, 4) is 0 Å². The molecular formula is C24H18ClF3N4O3S. The summed E-state index contributed by atoms with van der Waals surface area (Å²) in [5, 5.41) is 7.41. The van der Waals surface area contributed by atoms with Gasteiger partial charge >= 0.3 is 6.18 Å². The number of hydrogen-bond donors (Lipinski definition) is 1. The molecule has 0 aliphatic carbocycles. The maximum atomic E-state index is 13.5. The van der Waals surface area contributed by atoms with Crippen LogP contribution in [0.15, 0.2) is 47.5 Å². The number of carbonyl (C=O) groups excluding carboxylic acids is 3. The molecule has 2 aliphatic rings. The van der Waals surface area contributed by atoms with E-state index in [1.165, 1.54) is 23.0 Å². The third-order valence-electron chi connectivity index (χ3n) is 6.05. The van der Waals surface area contributed by atoms with Gasteiger partial charge in [-0.1, -0.05) is 23.7 Å². The molecule has 2 saturated heterocycles. The van der Waals surface area contributed by atoms with Crippen LogP contribution in [0.5, 0.6) is 0 Å². The second-order valence-electron chi connectivity index (χ2n) is 8.41. The highest BCUT2D eigenvalue weighted by molar-refractivity contribution is 8.18. The Morgan fingerprint density at radius 1 is 1.17 bits per heavy atom. The lowest BCUT2D eigenvalue weighted by Crippen LogP contribution is -2.53. The van der Waals surface area contributed by atoms with Gasteiger partial charge in [0.15, 0.2) is 5.78 Å². The molecule has 3 heterocycles. The Morgan fingerprint density at radius 3 is 2.72 bits per heavy atom. The summed E-state index contributed by atoms with van der Waals surface area (Å²) in [7, 11) is 0. The van der Waals surface area contributed by atoms with Crippen molar-refractivity contribution >= 4 is 57.3 Å². The number of carbonyl (C=O) groups is 3. The van der Waals surface area contributed by atoms with E-state index in [9.17, 15) is 27.6 Å². The van der Waals surface area contributed by atoms with Crippen molar-refractivity contribution in [1.82, 2.24) is 20.0 Å². The van der Waals surface area contributed by atoms with Gasteiger partial charge in [0.25, 0.3) is 11.1 Å². The lowest BCUT2D eigenvalue weighted by atomic mass is 10.0. The van der Waals surface area contributed by atoms with E-state index in [4.69, 9.17) is 11.6 Å². The first-order valence-corrected chi connectivity index (χ1v) is 12.1. The number of benzene rings is 2. The Bertz CT molecular complexity index is 1440. The lowest BCUT2D eigenvalue weighted by molar-refractivity contribution is -0.138. The molecule has 0 saturated carbocycles. The molecule has 7 nitrogen and oxygen atoms in total. The first-order chi connectivity index (χ1) is 17.1. The number of halogens is 4. The van der Waals surface area contributed by atoms with Gasteiger partial charge in [-0.3, -0.25) is 24.0 Å². The van der Waals surface area contributed by atoms with Crippen molar-refractivity contribution in [2.24, 2.45) is 0 Å². The minimum absolute atomic E-state index is 0.00503. The third-order valence-corrected chi connectivity index (χ3v) is 7.17. The van der Waals surface area contributed by atoms with Crippen LogP contribution >= 0.6 is 23.4 Å². The molecule has 5 rings (SSSR count). The van der Waals surface area contributed by atoms with Crippen LogP contribution < -0.4 is 5.32 Å². The van der Waals surface area contributed by atoms with Crippen LogP contribution in [0.1, 0.15) is 23.1 Å². The van der Waals surface area contributed by atoms with E-state index in [0.717, 1.165) is 22.7 Å². The quantitative estimate of drug-likeness (QED) is 0.487. The van der Waals surface area contributed by atoms with Gasteiger partial charge in [0.1, 0.15) is 6.04 Å². The fourth-order valence-corrected chi connectivity index (χ4v) is 5.35. The number of nitrogens with one attached hydrogen (secondary N) is 1. The Hall–Kier alpha value is -3.15. The van der Waals surface area contributed by atoms with Crippen molar-refractivity contribution in [3.05, 3.63) is 69.2 Å². The molecule has 2 aromatic carbocycles. The number of aromatic nitrogens is 2. The molecule has 1 atom stereocenters. The van der Waals surface area contributed by atoms with Crippen LogP contribution in [0.4, 0.5) is 18.0 Å². The largest absolute Gasteiger partial charge is 0.416 e. The second kappa shape index (κ2) is 9.38. The summed E-state index contributed by atoms with van der Waals surface area (Å²) in [6, 6.07) is 7.92. The van der Waals surface area contributed by atoms with Crippen molar-refractivity contribution < 1.29 is 27.6 Å². The van der Waals surface area contributed by atoms with E-state index < -0.39 is 28.9 Å². The Kier molecular flexibility index (Phi) is 6.39. The standard InChI is InChI=1S/C24H18ClF3N4O3S/c25-16-3-2-14(17(9-16)24(26,27)28)12-31-18-4-1-13(7-15(18)10-30-31)8-21-22(34)32(23(35)36-21)19-11-29-6-5-20(19)33/h1-4,7-10,19,29H,5-6,11-12H2. The summed E-state index contributed by atoms with van der Waals surface area (Å²) in [5.74, 6) is -0.675. The molecule has 36 heavy (non-hydrogen) atoms. The minimum atomic E-state index is -4.56. The van der Waals surface area contributed by atoms with Gasteiger partial charge in [-0.25, -0.2) is 0 Å². The SMILES string of the molecule is O=C1CCNCC1N1C(=O)SC(=Cc2ccc3c(cnn3Cc3ccc(Cl)cc3C(F)(F)F)c2)C1=O. The number of Topliss-reactive ketones (excluding diaryl/α,β-unsaturated/α-hetero) is 1. The van der Waals surface area contributed by atoms with Crippen LogP contribution in [-0.2, 0) is 22.3 Å². The maximum Gasteiger partial charge on any atom is 0.416 e. The number of thioether (sulfide) groups is 1. The molecule has 2 fully saturated rings. The van der Waals surface area contributed by atoms with E-state index in [1.54, 1.807) is 24.3 Å². The van der Waals surface area contributed by atoms with Crippen molar-refractivity contribution in [2.45, 2.75) is 25.2 Å². The van der Waals surface area contributed by atoms with Crippen LogP contribution in [0, 0.1) is 0 Å². The smallest absolute Gasteiger partial charge is 0.314 e. The van der Waals surface area contributed by atoms with Gasteiger partial charge in [0, 0.05) is 29.9 Å². The molecule has 3 aromatic rings. The topological polar surface area (TPSA) is 84.3 Å². The van der Waals surface area contributed by atoms with Gasteiger partial charge in [-0.2, -0.15) is 18.3 Å². The number of hydrogen-bond acceptors (Lipinski definition) is 6. The summed E-state index contributed by atoms with van der Waals surface area (Å²) in [4.78, 5) is 38.8. The number of alkyl halides is 3. The molecule has 1 N–H and O–H groups in total. The zero-order valence-electron chi connectivity index (χ0n) is 18.5. The Morgan fingerprint density at radius 2 is 1.97 bits per heavy atom. The van der Waals surface area contributed by atoms with Gasteiger partial charge in [0.05, 0.1) is 28.7 Å². The predicted octanol–water partition coefficient (Wildman–Crippen LogP) is 4.72. The molecule has 2 aliphatic heterocycles. The number of ketones is 1. The number of fused-ring (bicyclic) bond motifs is 1. The van der Waals surface area contributed by atoms with Gasteiger partial charge in [0.2, 0.25) is 0 Å². The summed E-state index contributed by atoms with van der Waals surface area (Å²) in [6.45, 7) is 0.640. The molecule has 186 valence electrons. The first kappa shape index (κ1) is 24.5. The van der Waals surface area contributed by atoms with E-state index in [-0.39, 0.29) is 40.8 Å². The highest BCUT2D eigenvalue weighted by Gasteiger charge is 2.43. The molecule has 2 amide bonds. The highest BCUT2D eigenvalue weighted by Crippen LogP contribution is 2.36. The van der Waals surface area contributed by atoms with E-state index in [0.29, 0.717) is 23.0 Å². The zero-order chi connectivity index (χ0) is 25.6. The molecule has 1 aromatic heterocycles. The first-order valence-electron chi connectivity index (χ1n) is 10.9. The van der Waals surface area contributed by atoms with Crippen LogP contribution in [0.25, 0.3) is 17.0 Å². The molecule has 0 bridgehead atoms. The molecule has 0 spiro atoms. The second-order valence-corrected chi connectivity index (χ2v) is 9.84. The fourth-order valence-electron chi connectivity index (χ4n) is 4.30. The number of piperidine rings is 1. The average Bonchev–Trinajstić information content (AvgIpc) is 3.34. The van der Waals surface area contributed by atoms with Crippen molar-refractivity contribution in [3.63, 3.8) is 0 Å². The summed E-state index contributed by atoms with van der Waals surface area (Å²) in [6.07, 6.45) is -1.22. The van der Waals surface area contributed by atoms with Gasteiger partial charge in [-0.05, 0) is 53.2 Å². The fraction of sp³-hybridized carbons (Fsp3) is 0.250. The molecular weight excluding hydrogens is 517 g/mol. The number of imide groups is 1. The highest BCUT2D eigenvalue weighted by atomic mass is 35.5. The van der Waals surface area contributed by atoms with Crippen molar-refractivity contribution in [1.29, 1.82) is 0 Å². The lowest BCUT2D eigenvalue weighted by Gasteiger charge is -2.27. The Balaban J connectivity index is 1.40. The summed E-state index contributed by atoms with van der Waals surface area (Å²) < 4.78 is 41.9. The average molecular weight is 535 g/mol. The van der Waals surface area contributed by atoms with Gasteiger partial charge in [-0.15, -0.1) is 0 Å². The van der Waals surface area contributed by atoms with Gasteiger partial charge < -0.3 is 5.32 Å². The molecule has 12 heteroatoms. The summed E-state index contributed by atoms with van der Waals surface area (Å²) in [5.41, 5.74) is 0.421. The predicted molar refractivity (Wildman–Crippen MR) is 129 cm³/mol. The van der Waals surface area contributed by atoms with E-state index in [2.05, 4.69) is 10.4 Å². The van der Waals surface area contributed by atoms with Crippen LogP contribution in [-0.4, -0.2) is 50.7 Å². The van der Waals surface area contributed by atoms with E-state index in [1.807, 2.05) is 0 Å². The molecule has 1 unspecified atom stereocenters. The normalized spacial score (nSPS) is 20.2. The minimum Gasteiger partial charge on any atom is -0.314 e.